The maximum absolute atomic E-state index is 9.01. The summed E-state index contributed by atoms with van der Waals surface area (Å²) in [6.45, 7) is 46.9. The van der Waals surface area contributed by atoms with E-state index >= 15 is 0 Å². The lowest BCUT2D eigenvalue weighted by Gasteiger charge is -2.38. The van der Waals surface area contributed by atoms with Crippen molar-refractivity contribution in [3.05, 3.63) is 282 Å². The first-order valence-corrected chi connectivity index (χ1v) is 56.9. The second-order valence-corrected chi connectivity index (χ2v) is 59.5. The molecule has 0 aliphatic carbocycles. The van der Waals surface area contributed by atoms with E-state index in [4.69, 9.17) is 69.1 Å². The molecule has 542 valence electrons. The van der Waals surface area contributed by atoms with Crippen LogP contribution in [0.1, 0.15) is 16.7 Å². The molecule has 0 saturated carbocycles. The molecule has 0 amide bonds. The molecule has 0 heterocycles. The molecule has 0 aromatic heterocycles. The lowest BCUT2D eigenvalue weighted by molar-refractivity contribution is 0.312. The van der Waals surface area contributed by atoms with Gasteiger partial charge in [-0.25, -0.2) is 9.69 Å². The molecule has 0 fully saturated rings. The van der Waals surface area contributed by atoms with Crippen molar-refractivity contribution in [2.45, 2.75) is 98.2 Å². The van der Waals surface area contributed by atoms with E-state index < -0.39 is 58.5 Å². The van der Waals surface area contributed by atoms with E-state index in [1.807, 2.05) is 243 Å². The number of nitriles is 3. The number of rotatable bonds is 28. The van der Waals surface area contributed by atoms with Crippen molar-refractivity contribution < 1.29 is 40.1 Å². The molecule has 0 unspecified atom stereocenters. The van der Waals surface area contributed by atoms with Gasteiger partial charge in [0, 0.05) is 0 Å². The zero-order valence-corrected chi connectivity index (χ0v) is 70.5. The molecule has 0 radical (unpaired) electrons. The second kappa shape index (κ2) is 36.8. The van der Waals surface area contributed by atoms with Gasteiger partial charge in [-0.3, -0.25) is 0 Å². The Balaban J connectivity index is 0.000000209. The maximum Gasteiger partial charge on any atom is 0.311 e. The van der Waals surface area contributed by atoms with Gasteiger partial charge in [-0.15, -0.1) is 0 Å². The summed E-state index contributed by atoms with van der Waals surface area (Å²) in [6.07, 6.45) is 2.82. The number of nitrogens with zero attached hydrogens (tertiary/aromatic N) is 5. The van der Waals surface area contributed by atoms with Crippen LogP contribution in [0.15, 0.2) is 243 Å². The predicted molar refractivity (Wildman–Crippen MR) is 446 cm³/mol. The van der Waals surface area contributed by atoms with Crippen LogP contribution in [0.25, 0.3) is 65.3 Å². The van der Waals surface area contributed by atoms with Crippen molar-refractivity contribution in [1.29, 1.82) is 15.8 Å². The molecule has 0 spiro atoms. The Kier molecular flexibility index (Phi) is 28.4. The first-order chi connectivity index (χ1) is 50.2. The maximum atomic E-state index is 9.01. The van der Waals surface area contributed by atoms with Gasteiger partial charge in [0.25, 0.3) is 0 Å². The summed E-state index contributed by atoms with van der Waals surface area (Å²) < 4.78 is 56.9. The van der Waals surface area contributed by atoms with Crippen molar-refractivity contribution in [2.75, 3.05) is 31.2 Å². The van der Waals surface area contributed by atoms with Crippen LogP contribution in [0.3, 0.4) is 0 Å². The van der Waals surface area contributed by atoms with Gasteiger partial charge in [0.2, 0.25) is 41.6 Å². The van der Waals surface area contributed by atoms with E-state index in [-0.39, 0.29) is 0 Å². The summed E-state index contributed by atoms with van der Waals surface area (Å²) in [5.74, 6) is 4.11. The van der Waals surface area contributed by atoms with E-state index in [1.165, 1.54) is 0 Å². The molecule has 0 aliphatic heterocycles. The van der Waals surface area contributed by atoms with Gasteiger partial charge in [0.1, 0.15) is 59.9 Å². The third-order valence-corrected chi connectivity index (χ3v) is 37.7. The highest BCUT2D eigenvalue weighted by Gasteiger charge is 2.41. The van der Waals surface area contributed by atoms with Crippen LogP contribution in [0.2, 0.25) is 98.2 Å². The summed E-state index contributed by atoms with van der Waals surface area (Å²) in [5, 5.41) is 26.9. The Morgan fingerprint density at radius 1 is 0.245 bits per heavy atom. The molecule has 10 rings (SSSR count). The summed E-state index contributed by atoms with van der Waals surface area (Å²) in [4.78, 5) is 6.90. The van der Waals surface area contributed by atoms with Crippen molar-refractivity contribution in [2.24, 2.45) is 0 Å². The minimum absolute atomic E-state index is 0.522. The molecular formula is C85H95N5O9Si7. The Labute approximate surface area is 635 Å². The molecule has 10 aromatic carbocycles. The number of ether oxygens (including phenoxy) is 5. The minimum atomic E-state index is -2.45. The van der Waals surface area contributed by atoms with E-state index in [0.717, 1.165) is 84.4 Å². The zero-order valence-electron chi connectivity index (χ0n) is 63.5. The molecule has 14 nitrogen and oxygen atoms in total. The van der Waals surface area contributed by atoms with Crippen molar-refractivity contribution in [3.63, 3.8) is 0 Å². The fourth-order valence-electron chi connectivity index (χ4n) is 11.7. The fraction of sp³-hybridized carbons (Fsp3) is 0.235. The number of benzene rings is 10. The van der Waals surface area contributed by atoms with Crippen LogP contribution < -0.4 is 23.7 Å². The largest absolute Gasteiger partial charge is 0.494 e. The average Bonchev–Trinajstić information content (AvgIpc) is 0.853. The Morgan fingerprint density at radius 2 is 0.415 bits per heavy atom. The van der Waals surface area contributed by atoms with Gasteiger partial charge in [0.05, 0.1) is 48.0 Å². The van der Waals surface area contributed by atoms with E-state index in [2.05, 4.69) is 126 Å². The van der Waals surface area contributed by atoms with E-state index in [9.17, 15) is 0 Å². The molecule has 0 atom stereocenters. The van der Waals surface area contributed by atoms with Gasteiger partial charge in [-0.2, -0.15) is 15.8 Å². The van der Waals surface area contributed by atoms with Crippen LogP contribution in [0.4, 0.5) is 11.4 Å². The van der Waals surface area contributed by atoms with Crippen LogP contribution in [-0.4, -0.2) is 89.6 Å². The molecule has 0 N–H and O–H groups in total. The number of hydrogen-bond acceptors (Lipinski definition) is 12. The summed E-state index contributed by atoms with van der Waals surface area (Å²) in [5.41, 5.74) is 14.0. The Bertz CT molecular complexity index is 4460. The Hall–Kier alpha value is -9.99. The lowest BCUT2D eigenvalue weighted by atomic mass is 10.0. The van der Waals surface area contributed by atoms with Crippen LogP contribution >= 0.6 is 0 Å². The second-order valence-electron chi connectivity index (χ2n) is 30.2. The summed E-state index contributed by atoms with van der Waals surface area (Å²) in [6, 6.07) is 84.5. The third kappa shape index (κ3) is 26.9. The standard InChI is InChI=1S/C34H38N2O4Si3.C32H32N2O3Si2.C19H25NO2Si2/c1-36-32-18-12-29(13-19-32)31-16-22-34(23-17-31)38-26-42(4,5)40-43(6,7)39-41(2,3)25-37-33-20-14-30(15-21-33)28-10-8-27(24-35)9-11-28;1-34-30-16-10-27(11-17-30)29-14-20-32(21-15-29)36-24-39(4,5)37-38(2,3)23-35-31-18-12-28(13-19-31)26-8-6-25(22-33)7-9-26;1-23(2,3)22-24(4,5)15-21-19-12-10-18(11-13-19)17-8-6-16(14-20)7-9-17/h8-23H,25-26H2,2-7H3;6-21H,23-24H2,2-5H3;6-13H,15H2,1-5H3. The smallest absolute Gasteiger partial charge is 0.311 e. The van der Waals surface area contributed by atoms with Crippen LogP contribution in [0, 0.1) is 47.1 Å². The Morgan fingerprint density at radius 3 is 0.594 bits per heavy atom. The van der Waals surface area contributed by atoms with Gasteiger partial charge < -0.3 is 40.1 Å². The molecule has 106 heavy (non-hydrogen) atoms. The highest BCUT2D eigenvalue weighted by Crippen LogP contribution is 2.32. The van der Waals surface area contributed by atoms with Crippen LogP contribution in [-0.2, 0) is 16.5 Å². The van der Waals surface area contributed by atoms with E-state index in [1.54, 1.807) is 0 Å². The normalized spacial score (nSPS) is 11.6. The van der Waals surface area contributed by atoms with Gasteiger partial charge in [-0.1, -0.05) is 146 Å². The van der Waals surface area contributed by atoms with Gasteiger partial charge in [0.15, 0.2) is 19.7 Å². The predicted octanol–water partition coefficient (Wildman–Crippen LogP) is 22.7. The monoisotopic (exact) mass is 1530 g/mol. The van der Waals surface area contributed by atoms with E-state index in [0.29, 0.717) is 59.2 Å². The first-order valence-electron chi connectivity index (χ1n) is 35.1. The zero-order chi connectivity index (χ0) is 76.8. The topological polar surface area (TPSA) is 163 Å². The molecule has 0 saturated heterocycles. The number of hydrogen-bond donors (Lipinski definition) is 0. The lowest BCUT2D eigenvalue weighted by Crippen LogP contribution is -2.56. The molecular weight excluding hydrogens is 1430 g/mol. The summed E-state index contributed by atoms with van der Waals surface area (Å²) >= 11 is 0. The van der Waals surface area contributed by atoms with Crippen molar-refractivity contribution >= 4 is 69.8 Å². The quantitative estimate of drug-likeness (QED) is 0.0337. The summed E-state index contributed by atoms with van der Waals surface area (Å²) in [7, 11) is -14.4. The molecule has 10 aromatic rings. The third-order valence-electron chi connectivity index (χ3n) is 16.1. The van der Waals surface area contributed by atoms with Gasteiger partial charge in [-0.05, 0) is 251 Å². The minimum Gasteiger partial charge on any atom is -0.494 e. The fourth-order valence-corrected chi connectivity index (χ4v) is 39.3. The molecule has 0 bridgehead atoms. The highest BCUT2D eigenvalue weighted by atomic mass is 28.5. The first kappa shape index (κ1) is 81.7. The SMILES string of the molecule is C[Si](C)(C)O[Si](C)(C)COc1ccc(-c2ccc(C#N)cc2)cc1.[C-]#[N+]c1ccc(-c2ccc(OC[Si](C)(C)O[Si](C)(C)COc3ccc(-c4ccc(C#N)cc4)cc3)cc2)cc1.[C-]#[N+]c1ccc(-c2ccc(OC[Si](C)(C)O[Si](C)(C)O[Si](C)(C)COc3ccc(-c4ccc(C#N)cc4)cc3)cc2)cc1. The van der Waals surface area contributed by atoms with Crippen molar-refractivity contribution in [1.82, 2.24) is 0 Å². The van der Waals surface area contributed by atoms with Gasteiger partial charge >= 0.3 is 8.56 Å². The molecule has 0 aliphatic rings. The van der Waals surface area contributed by atoms with Crippen molar-refractivity contribution in [3.8, 4) is 103 Å². The highest BCUT2D eigenvalue weighted by molar-refractivity contribution is 6.88. The van der Waals surface area contributed by atoms with Crippen LogP contribution in [0.5, 0.6) is 28.7 Å². The average molecular weight is 1530 g/mol. The molecule has 21 heteroatoms.